The largest absolute Gasteiger partial charge is 0.247 e. The van der Waals surface area contributed by atoms with E-state index in [2.05, 4.69) is 14.9 Å². The molecule has 64 valence electrons. The lowest BCUT2D eigenvalue weighted by Crippen LogP contribution is -1.91. The van der Waals surface area contributed by atoms with Crippen LogP contribution in [0.15, 0.2) is 12.4 Å². The van der Waals surface area contributed by atoms with E-state index in [1.165, 1.54) is 10.7 Å². The summed E-state index contributed by atoms with van der Waals surface area (Å²) in [4.78, 5) is 7.10. The first-order valence-electron chi connectivity index (χ1n) is 3.30. The van der Waals surface area contributed by atoms with E-state index < -0.39 is 0 Å². The number of rotatable bonds is 0. The van der Waals surface area contributed by atoms with E-state index in [9.17, 15) is 0 Å². The third-order valence-corrected chi connectivity index (χ3v) is 2.13. The van der Waals surface area contributed by atoms with Gasteiger partial charge in [0.1, 0.15) is 0 Å². The molecular weight excluding hydrogens is 211 g/mol. The van der Waals surface area contributed by atoms with Crippen LogP contribution in [0.4, 0.5) is 5.69 Å². The highest BCUT2D eigenvalue weighted by Crippen LogP contribution is 2.33. The van der Waals surface area contributed by atoms with Crippen LogP contribution in [0.2, 0.25) is 10.2 Å². The van der Waals surface area contributed by atoms with Gasteiger partial charge < -0.3 is 0 Å². The summed E-state index contributed by atoms with van der Waals surface area (Å²) in [5, 5.41) is 4.21. The fourth-order valence-electron chi connectivity index (χ4n) is 0.968. The molecule has 0 aliphatic carbocycles. The summed E-state index contributed by atoms with van der Waals surface area (Å²) in [5.74, 6) is 0. The van der Waals surface area contributed by atoms with Gasteiger partial charge >= 0.3 is 0 Å². The number of fused-ring (bicyclic) bond motifs is 1. The fourth-order valence-corrected chi connectivity index (χ4v) is 1.50. The number of halogens is 2. The van der Waals surface area contributed by atoms with Crippen molar-refractivity contribution in [1.82, 2.24) is 14.6 Å². The van der Waals surface area contributed by atoms with Gasteiger partial charge in [0.05, 0.1) is 11.6 Å². The fraction of sp³-hybridized carbons (Fsp3) is 0. The number of hydrogen-bond donors (Lipinski definition) is 0. The zero-order valence-corrected chi connectivity index (χ0v) is 7.71. The molecule has 2 aromatic rings. The molecule has 0 unspecified atom stereocenters. The quantitative estimate of drug-likeness (QED) is 0.630. The van der Waals surface area contributed by atoms with Gasteiger partial charge in [0.25, 0.3) is 0 Å². The second-order valence-electron chi connectivity index (χ2n) is 2.26. The molecule has 0 spiro atoms. The predicted octanol–water partition coefficient (Wildman–Crippen LogP) is 2.59. The Morgan fingerprint density at radius 2 is 2.23 bits per heavy atom. The van der Waals surface area contributed by atoms with E-state index in [0.29, 0.717) is 5.65 Å². The second-order valence-corrected chi connectivity index (χ2v) is 3.00. The summed E-state index contributed by atoms with van der Waals surface area (Å²) in [7, 11) is 0. The molecule has 0 radical (unpaired) electrons. The lowest BCUT2D eigenvalue weighted by Gasteiger charge is -1.99. The van der Waals surface area contributed by atoms with Gasteiger partial charge in [-0.1, -0.05) is 23.2 Å². The van der Waals surface area contributed by atoms with Crippen molar-refractivity contribution in [1.29, 1.82) is 0 Å². The van der Waals surface area contributed by atoms with Gasteiger partial charge in [-0.2, -0.15) is 5.10 Å². The molecular formula is C7H2Cl2N4. The van der Waals surface area contributed by atoms with Gasteiger partial charge in [0.15, 0.2) is 10.8 Å². The van der Waals surface area contributed by atoms with E-state index >= 15 is 0 Å². The Kier molecular flexibility index (Phi) is 1.83. The second kappa shape index (κ2) is 2.87. The molecule has 0 aliphatic heterocycles. The van der Waals surface area contributed by atoms with Gasteiger partial charge in [-0.05, 0) is 0 Å². The zero-order chi connectivity index (χ0) is 9.42. The molecule has 2 aromatic heterocycles. The van der Waals surface area contributed by atoms with E-state index in [1.807, 2.05) is 0 Å². The lowest BCUT2D eigenvalue weighted by molar-refractivity contribution is 0.940. The molecule has 0 aromatic carbocycles. The third-order valence-electron chi connectivity index (χ3n) is 1.53. The van der Waals surface area contributed by atoms with E-state index in [4.69, 9.17) is 29.8 Å². The molecule has 4 nitrogen and oxygen atoms in total. The number of aromatic nitrogens is 3. The predicted molar refractivity (Wildman–Crippen MR) is 49.3 cm³/mol. The van der Waals surface area contributed by atoms with Crippen molar-refractivity contribution in [3.63, 3.8) is 0 Å². The van der Waals surface area contributed by atoms with Crippen molar-refractivity contribution < 1.29 is 0 Å². The Morgan fingerprint density at radius 1 is 1.46 bits per heavy atom. The minimum Gasteiger partial charge on any atom is -0.235 e. The van der Waals surface area contributed by atoms with E-state index in [0.717, 1.165) is 0 Å². The lowest BCUT2D eigenvalue weighted by atomic mass is 10.5. The van der Waals surface area contributed by atoms with Crippen LogP contribution in [-0.4, -0.2) is 14.6 Å². The smallest absolute Gasteiger partial charge is 0.235 e. The Labute approximate surface area is 83.5 Å². The van der Waals surface area contributed by atoms with Crippen molar-refractivity contribution in [3.05, 3.63) is 34.0 Å². The minimum absolute atomic E-state index is 0.0884. The van der Waals surface area contributed by atoms with Crippen molar-refractivity contribution >= 4 is 34.5 Å². The van der Waals surface area contributed by atoms with Gasteiger partial charge in [0.2, 0.25) is 5.69 Å². The first-order chi connectivity index (χ1) is 6.24. The molecule has 0 saturated heterocycles. The highest BCUT2D eigenvalue weighted by Gasteiger charge is 2.12. The van der Waals surface area contributed by atoms with E-state index in [1.54, 1.807) is 6.20 Å². The molecule has 6 heteroatoms. The van der Waals surface area contributed by atoms with Crippen LogP contribution in [0.3, 0.4) is 0 Å². The summed E-state index contributed by atoms with van der Waals surface area (Å²) in [5.41, 5.74) is 0.583. The molecule has 0 bridgehead atoms. The summed E-state index contributed by atoms with van der Waals surface area (Å²) >= 11 is 11.6. The van der Waals surface area contributed by atoms with Crippen molar-refractivity contribution in [3.8, 4) is 0 Å². The molecule has 0 amide bonds. The van der Waals surface area contributed by atoms with Crippen molar-refractivity contribution in [2.45, 2.75) is 0 Å². The average molecular weight is 213 g/mol. The highest BCUT2D eigenvalue weighted by atomic mass is 35.5. The van der Waals surface area contributed by atoms with Gasteiger partial charge in [-0.15, -0.1) is 0 Å². The molecule has 0 aliphatic rings. The topological polar surface area (TPSA) is 34.5 Å². The summed E-state index contributed by atoms with van der Waals surface area (Å²) < 4.78 is 1.43. The van der Waals surface area contributed by atoms with Crippen molar-refractivity contribution in [2.24, 2.45) is 0 Å². The number of imidazole rings is 1. The van der Waals surface area contributed by atoms with Crippen LogP contribution in [0.1, 0.15) is 0 Å². The molecule has 2 rings (SSSR count). The Balaban J connectivity index is 2.95. The molecule has 0 atom stereocenters. The zero-order valence-electron chi connectivity index (χ0n) is 6.20. The Hall–Kier alpha value is -1.31. The molecule has 13 heavy (non-hydrogen) atoms. The van der Waals surface area contributed by atoms with Crippen LogP contribution >= 0.6 is 23.2 Å². The standard InChI is InChI=1S/C7H2Cl2N4/c1-10-5-4(8)7-11-2-3-13(7)12-6(5)9/h2-3H. The summed E-state index contributed by atoms with van der Waals surface area (Å²) in [6.45, 7) is 6.83. The first-order valence-corrected chi connectivity index (χ1v) is 4.05. The Bertz CT molecular complexity index is 511. The Morgan fingerprint density at radius 3 is 2.92 bits per heavy atom. The van der Waals surface area contributed by atoms with Crippen LogP contribution < -0.4 is 0 Å². The maximum atomic E-state index is 6.83. The minimum atomic E-state index is 0.0884. The summed E-state index contributed by atoms with van der Waals surface area (Å²) in [6.07, 6.45) is 3.15. The average Bonchev–Trinajstić information content (AvgIpc) is 2.53. The first kappa shape index (κ1) is 8.30. The molecule has 0 fully saturated rings. The molecule has 0 N–H and O–H groups in total. The number of hydrogen-bond acceptors (Lipinski definition) is 2. The molecule has 2 heterocycles. The monoisotopic (exact) mass is 212 g/mol. The van der Waals surface area contributed by atoms with E-state index in [-0.39, 0.29) is 15.9 Å². The van der Waals surface area contributed by atoms with Crippen LogP contribution in [0, 0.1) is 6.57 Å². The van der Waals surface area contributed by atoms with Crippen LogP contribution in [-0.2, 0) is 0 Å². The van der Waals surface area contributed by atoms with Crippen molar-refractivity contribution in [2.75, 3.05) is 0 Å². The third kappa shape index (κ3) is 1.13. The normalized spacial score (nSPS) is 10.2. The van der Waals surface area contributed by atoms with Gasteiger partial charge in [-0.25, -0.2) is 14.3 Å². The molecule has 0 saturated carbocycles. The number of nitrogens with zero attached hydrogens (tertiary/aromatic N) is 4. The maximum absolute atomic E-state index is 6.83. The van der Waals surface area contributed by atoms with Gasteiger partial charge in [-0.3, -0.25) is 0 Å². The van der Waals surface area contributed by atoms with Crippen LogP contribution in [0.5, 0.6) is 0 Å². The highest BCUT2D eigenvalue weighted by molar-refractivity contribution is 6.40. The maximum Gasteiger partial charge on any atom is 0.247 e. The van der Waals surface area contributed by atoms with Crippen LogP contribution in [0.25, 0.3) is 10.5 Å². The van der Waals surface area contributed by atoms with Gasteiger partial charge in [0, 0.05) is 12.4 Å². The summed E-state index contributed by atoms with van der Waals surface area (Å²) in [6, 6.07) is 0. The SMILES string of the molecule is [C-]#[N+]c1c(Cl)nn2ccnc2c1Cl.